The fourth-order valence-electron chi connectivity index (χ4n) is 1.03. The van der Waals surface area contributed by atoms with Crippen molar-refractivity contribution in [3.8, 4) is 0 Å². The van der Waals surface area contributed by atoms with Crippen LogP contribution in [0.25, 0.3) is 0 Å². The van der Waals surface area contributed by atoms with Gasteiger partial charge in [-0.15, -0.1) is 0 Å². The summed E-state index contributed by atoms with van der Waals surface area (Å²) in [6, 6.07) is 8.91. The van der Waals surface area contributed by atoms with E-state index in [1.165, 1.54) is 0 Å². The number of ketones is 1. The molecule has 0 heterocycles. The van der Waals surface area contributed by atoms with Gasteiger partial charge < -0.3 is 9.79 Å². The Morgan fingerprint density at radius 3 is 2.40 bits per heavy atom. The molecule has 0 aliphatic carbocycles. The van der Waals surface area contributed by atoms with Crippen LogP contribution in [-0.2, 0) is 20.3 Å². The van der Waals surface area contributed by atoms with Gasteiger partial charge in [0.15, 0.2) is 5.78 Å². The number of phosphoric acid groups is 1. The molecule has 0 atom stereocenters. The number of rotatable bonds is 5. The lowest BCUT2D eigenvalue weighted by Crippen LogP contribution is -2.10. The first kappa shape index (κ1) is 12.1. The summed E-state index contributed by atoms with van der Waals surface area (Å²) < 4.78 is 14.4. The molecule has 5 nitrogen and oxygen atoms in total. The summed E-state index contributed by atoms with van der Waals surface area (Å²) in [6.07, 6.45) is 0.112. The van der Waals surface area contributed by atoms with Crippen molar-refractivity contribution in [2.45, 2.75) is 6.42 Å². The largest absolute Gasteiger partial charge is 0.470 e. The van der Waals surface area contributed by atoms with Gasteiger partial charge in [-0.05, 0) is 5.56 Å². The van der Waals surface area contributed by atoms with E-state index in [-0.39, 0.29) is 12.2 Å². The molecule has 0 aliphatic heterocycles. The maximum absolute atomic E-state index is 11.2. The number of hydrogen-bond donors (Lipinski definition) is 2. The molecule has 0 aliphatic rings. The van der Waals surface area contributed by atoms with Crippen LogP contribution < -0.4 is 0 Å². The molecule has 0 amide bonds. The number of benzene rings is 1. The van der Waals surface area contributed by atoms with Crippen molar-refractivity contribution < 1.29 is 23.7 Å². The molecule has 0 fully saturated rings. The second kappa shape index (κ2) is 5.19. The minimum atomic E-state index is -4.55. The minimum absolute atomic E-state index is 0.112. The van der Waals surface area contributed by atoms with E-state index in [9.17, 15) is 9.36 Å². The molecule has 15 heavy (non-hydrogen) atoms. The Bertz CT molecular complexity index is 369. The van der Waals surface area contributed by atoms with Crippen molar-refractivity contribution in [2.24, 2.45) is 0 Å². The maximum atomic E-state index is 11.2. The third-order valence-corrected chi connectivity index (χ3v) is 2.10. The molecule has 1 aromatic rings. The van der Waals surface area contributed by atoms with Gasteiger partial charge in [0.1, 0.15) is 6.61 Å². The molecule has 1 rings (SSSR count). The third kappa shape index (κ3) is 5.44. The van der Waals surface area contributed by atoms with Gasteiger partial charge in [-0.1, -0.05) is 30.3 Å². The smallest absolute Gasteiger partial charge is 0.303 e. The van der Waals surface area contributed by atoms with E-state index < -0.39 is 14.4 Å². The van der Waals surface area contributed by atoms with Crippen molar-refractivity contribution in [3.05, 3.63) is 35.9 Å². The lowest BCUT2D eigenvalue weighted by atomic mass is 10.1. The number of hydrogen-bond acceptors (Lipinski definition) is 3. The molecule has 0 radical (unpaired) electrons. The Kier molecular flexibility index (Phi) is 4.17. The maximum Gasteiger partial charge on any atom is 0.470 e. The average Bonchev–Trinajstić information content (AvgIpc) is 2.15. The van der Waals surface area contributed by atoms with E-state index in [2.05, 4.69) is 4.52 Å². The van der Waals surface area contributed by atoms with Gasteiger partial charge in [-0.3, -0.25) is 9.32 Å². The number of phosphoric ester groups is 1. The highest BCUT2D eigenvalue weighted by atomic mass is 31.2. The topological polar surface area (TPSA) is 83.8 Å². The first-order valence-electron chi connectivity index (χ1n) is 4.23. The molecule has 0 bridgehead atoms. The van der Waals surface area contributed by atoms with Crippen LogP contribution >= 0.6 is 7.82 Å². The van der Waals surface area contributed by atoms with Crippen molar-refractivity contribution in [2.75, 3.05) is 6.61 Å². The number of Topliss-reactive ketones (excluding diaryl/α,β-unsaturated/α-hetero) is 1. The summed E-state index contributed by atoms with van der Waals surface area (Å²) in [4.78, 5) is 27.9. The highest BCUT2D eigenvalue weighted by molar-refractivity contribution is 7.46. The molecule has 2 N–H and O–H groups in total. The Morgan fingerprint density at radius 2 is 1.87 bits per heavy atom. The number of carbonyl (C=O) groups excluding carboxylic acids is 1. The quantitative estimate of drug-likeness (QED) is 0.734. The molecule has 1 aromatic carbocycles. The van der Waals surface area contributed by atoms with Crippen LogP contribution in [0, 0.1) is 0 Å². The summed E-state index contributed by atoms with van der Waals surface area (Å²) in [5.41, 5.74) is 0.789. The van der Waals surface area contributed by atoms with Crippen molar-refractivity contribution in [1.82, 2.24) is 0 Å². The van der Waals surface area contributed by atoms with Crippen molar-refractivity contribution >= 4 is 13.6 Å². The Morgan fingerprint density at radius 1 is 1.27 bits per heavy atom. The SMILES string of the molecule is O=C(COP(=O)(O)O)Cc1ccccc1. The Hall–Kier alpha value is -1.00. The van der Waals surface area contributed by atoms with Gasteiger partial charge in [0.2, 0.25) is 0 Å². The van der Waals surface area contributed by atoms with E-state index in [0.717, 1.165) is 5.56 Å². The normalized spacial score (nSPS) is 11.3. The predicted molar refractivity (Wildman–Crippen MR) is 53.1 cm³/mol. The Labute approximate surface area is 86.9 Å². The molecule has 0 aromatic heterocycles. The van der Waals surface area contributed by atoms with Gasteiger partial charge in [0.25, 0.3) is 0 Å². The molecule has 82 valence electrons. The summed E-state index contributed by atoms with van der Waals surface area (Å²) in [5.74, 6) is -0.371. The van der Waals surface area contributed by atoms with Crippen molar-refractivity contribution in [3.63, 3.8) is 0 Å². The summed E-state index contributed by atoms with van der Waals surface area (Å²) in [6.45, 7) is -0.570. The molecule has 0 spiro atoms. The van der Waals surface area contributed by atoms with Crippen LogP contribution in [0.5, 0.6) is 0 Å². The predicted octanol–water partition coefficient (Wildman–Crippen LogP) is 0.907. The molecule has 0 saturated heterocycles. The molecule has 6 heteroatoms. The standard InChI is InChI=1S/C9H11O5P/c10-9(7-14-15(11,12)13)6-8-4-2-1-3-5-8/h1-5H,6-7H2,(H2,11,12,13). The zero-order valence-electron chi connectivity index (χ0n) is 7.87. The van der Waals surface area contributed by atoms with E-state index in [1.807, 2.05) is 6.07 Å². The fourth-order valence-corrected chi connectivity index (χ4v) is 1.34. The first-order chi connectivity index (χ1) is 6.97. The summed E-state index contributed by atoms with van der Waals surface area (Å²) in [7, 11) is -4.55. The molecule has 0 unspecified atom stereocenters. The van der Waals surface area contributed by atoms with Gasteiger partial charge in [0, 0.05) is 6.42 Å². The van der Waals surface area contributed by atoms with Crippen LogP contribution in [0.1, 0.15) is 5.56 Å². The van der Waals surface area contributed by atoms with Crippen LogP contribution in [0.3, 0.4) is 0 Å². The van der Waals surface area contributed by atoms with Gasteiger partial charge >= 0.3 is 7.82 Å². The van der Waals surface area contributed by atoms with E-state index >= 15 is 0 Å². The van der Waals surface area contributed by atoms with Crippen molar-refractivity contribution in [1.29, 1.82) is 0 Å². The summed E-state index contributed by atoms with van der Waals surface area (Å²) >= 11 is 0. The van der Waals surface area contributed by atoms with Crippen LogP contribution in [0.2, 0.25) is 0 Å². The zero-order valence-corrected chi connectivity index (χ0v) is 8.76. The molecule has 0 saturated carbocycles. The highest BCUT2D eigenvalue weighted by Crippen LogP contribution is 2.35. The van der Waals surface area contributed by atoms with Gasteiger partial charge in [0.05, 0.1) is 0 Å². The van der Waals surface area contributed by atoms with E-state index in [1.54, 1.807) is 24.3 Å². The fraction of sp³-hybridized carbons (Fsp3) is 0.222. The summed E-state index contributed by atoms with van der Waals surface area (Å²) in [5, 5.41) is 0. The van der Waals surface area contributed by atoms with E-state index in [0.29, 0.717) is 0 Å². The van der Waals surface area contributed by atoms with Crippen LogP contribution in [-0.4, -0.2) is 22.2 Å². The van der Waals surface area contributed by atoms with Gasteiger partial charge in [-0.25, -0.2) is 4.57 Å². The molecular weight excluding hydrogens is 219 g/mol. The second-order valence-corrected chi connectivity index (χ2v) is 4.20. The zero-order chi connectivity index (χ0) is 11.3. The second-order valence-electron chi connectivity index (χ2n) is 2.97. The van der Waals surface area contributed by atoms with Gasteiger partial charge in [-0.2, -0.15) is 0 Å². The lowest BCUT2D eigenvalue weighted by molar-refractivity contribution is -0.120. The monoisotopic (exact) mass is 230 g/mol. The van der Waals surface area contributed by atoms with E-state index in [4.69, 9.17) is 9.79 Å². The van der Waals surface area contributed by atoms with Crippen LogP contribution in [0.15, 0.2) is 30.3 Å². The Balaban J connectivity index is 2.41. The average molecular weight is 230 g/mol. The first-order valence-corrected chi connectivity index (χ1v) is 5.76. The van der Waals surface area contributed by atoms with Crippen LogP contribution in [0.4, 0.5) is 0 Å². The third-order valence-electron chi connectivity index (χ3n) is 1.64. The highest BCUT2D eigenvalue weighted by Gasteiger charge is 2.16. The number of carbonyl (C=O) groups is 1. The lowest BCUT2D eigenvalue weighted by Gasteiger charge is -2.04. The minimum Gasteiger partial charge on any atom is -0.303 e. The molecular formula is C9H11O5P.